The van der Waals surface area contributed by atoms with E-state index in [0.29, 0.717) is 5.69 Å². The van der Waals surface area contributed by atoms with Crippen LogP contribution in [-0.4, -0.2) is 17.2 Å². The number of rotatable bonds is 4. The SMILES string of the molecule is O=C1C=C[C@@H]([C@@H](Nc2ccccc2O)c2ccccc2)O1. The lowest BCUT2D eigenvalue weighted by atomic mass is 10.0. The molecule has 0 fully saturated rings. The van der Waals surface area contributed by atoms with Crippen LogP contribution in [-0.2, 0) is 9.53 Å². The van der Waals surface area contributed by atoms with Gasteiger partial charge in [0.05, 0.1) is 11.7 Å². The maximum Gasteiger partial charge on any atom is 0.331 e. The largest absolute Gasteiger partial charge is 0.506 e. The molecule has 2 N–H and O–H groups in total. The van der Waals surface area contributed by atoms with Gasteiger partial charge in [-0.15, -0.1) is 0 Å². The summed E-state index contributed by atoms with van der Waals surface area (Å²) in [6, 6.07) is 16.4. The summed E-state index contributed by atoms with van der Waals surface area (Å²) < 4.78 is 5.30. The fourth-order valence-corrected chi connectivity index (χ4v) is 2.34. The van der Waals surface area contributed by atoms with Gasteiger partial charge in [0.25, 0.3) is 0 Å². The highest BCUT2D eigenvalue weighted by molar-refractivity contribution is 5.84. The normalized spacial score (nSPS) is 18.3. The standard InChI is InChI=1S/C17H15NO3/c19-14-9-5-4-8-13(14)18-17(12-6-2-1-3-7-12)15-10-11-16(20)21-15/h1-11,15,17-19H/t15-,17-/m0/s1. The van der Waals surface area contributed by atoms with Gasteiger partial charge in [-0.25, -0.2) is 4.79 Å². The van der Waals surface area contributed by atoms with Crippen LogP contribution in [0.3, 0.4) is 0 Å². The average molecular weight is 281 g/mol. The van der Waals surface area contributed by atoms with Gasteiger partial charge in [0.2, 0.25) is 0 Å². The summed E-state index contributed by atoms with van der Waals surface area (Å²) in [7, 11) is 0. The molecule has 0 radical (unpaired) electrons. The molecule has 1 aliphatic rings. The highest BCUT2D eigenvalue weighted by Gasteiger charge is 2.28. The lowest BCUT2D eigenvalue weighted by Gasteiger charge is -2.25. The van der Waals surface area contributed by atoms with E-state index in [1.54, 1.807) is 24.3 Å². The van der Waals surface area contributed by atoms with Crippen molar-refractivity contribution in [3.05, 3.63) is 72.3 Å². The van der Waals surface area contributed by atoms with Gasteiger partial charge < -0.3 is 15.2 Å². The number of nitrogens with one attached hydrogen (secondary N) is 1. The second-order valence-electron chi connectivity index (χ2n) is 4.81. The van der Waals surface area contributed by atoms with Gasteiger partial charge in [-0.05, 0) is 23.8 Å². The Morgan fingerprint density at radius 3 is 2.43 bits per heavy atom. The third-order valence-corrected chi connectivity index (χ3v) is 3.38. The van der Waals surface area contributed by atoms with Crippen LogP contribution in [0.25, 0.3) is 0 Å². The molecule has 2 aromatic carbocycles. The van der Waals surface area contributed by atoms with E-state index in [9.17, 15) is 9.90 Å². The Bertz CT molecular complexity index is 667. The molecule has 0 aromatic heterocycles. The van der Waals surface area contributed by atoms with Gasteiger partial charge in [-0.1, -0.05) is 42.5 Å². The molecule has 0 saturated carbocycles. The van der Waals surface area contributed by atoms with E-state index in [1.165, 1.54) is 6.08 Å². The highest BCUT2D eigenvalue weighted by atomic mass is 16.5. The number of hydrogen-bond donors (Lipinski definition) is 2. The van der Waals surface area contributed by atoms with Crippen molar-refractivity contribution in [2.45, 2.75) is 12.1 Å². The Morgan fingerprint density at radius 1 is 1.05 bits per heavy atom. The predicted octanol–water partition coefficient (Wildman–Crippen LogP) is 3.03. The van der Waals surface area contributed by atoms with Crippen molar-refractivity contribution in [1.82, 2.24) is 0 Å². The molecular weight excluding hydrogens is 266 g/mol. The van der Waals surface area contributed by atoms with Crippen molar-refractivity contribution in [2.75, 3.05) is 5.32 Å². The monoisotopic (exact) mass is 281 g/mol. The van der Waals surface area contributed by atoms with Crippen LogP contribution in [0, 0.1) is 0 Å². The van der Waals surface area contributed by atoms with Gasteiger partial charge in [0, 0.05) is 6.08 Å². The molecule has 4 heteroatoms. The molecule has 1 heterocycles. The van der Waals surface area contributed by atoms with Crippen LogP contribution >= 0.6 is 0 Å². The van der Waals surface area contributed by atoms with Crippen molar-refractivity contribution in [2.24, 2.45) is 0 Å². The number of phenolic OH excluding ortho intramolecular Hbond substituents is 1. The lowest BCUT2D eigenvalue weighted by molar-refractivity contribution is -0.139. The minimum atomic E-state index is -0.403. The molecule has 106 valence electrons. The first-order valence-corrected chi connectivity index (χ1v) is 6.72. The second-order valence-corrected chi connectivity index (χ2v) is 4.81. The van der Waals surface area contributed by atoms with Crippen LogP contribution < -0.4 is 5.32 Å². The fourth-order valence-electron chi connectivity index (χ4n) is 2.34. The number of carbonyl (C=O) groups excluding carboxylic acids is 1. The number of hydrogen-bond acceptors (Lipinski definition) is 4. The van der Waals surface area contributed by atoms with Crippen molar-refractivity contribution in [1.29, 1.82) is 0 Å². The maximum absolute atomic E-state index is 11.3. The first kappa shape index (κ1) is 13.2. The fraction of sp³-hybridized carbons (Fsp3) is 0.118. The third kappa shape index (κ3) is 2.89. The summed E-state index contributed by atoms with van der Waals surface area (Å²) in [5.74, 6) is -0.188. The molecule has 3 rings (SSSR count). The molecule has 4 nitrogen and oxygen atoms in total. The molecule has 0 amide bonds. The summed E-state index contributed by atoms with van der Waals surface area (Å²) >= 11 is 0. The number of anilines is 1. The number of aromatic hydroxyl groups is 1. The Kier molecular flexibility index (Phi) is 3.60. The van der Waals surface area contributed by atoms with E-state index in [1.807, 2.05) is 36.4 Å². The molecule has 0 unspecified atom stereocenters. The molecule has 2 aromatic rings. The first-order chi connectivity index (χ1) is 10.2. The smallest absolute Gasteiger partial charge is 0.331 e. The summed E-state index contributed by atoms with van der Waals surface area (Å²) in [5.41, 5.74) is 1.58. The van der Waals surface area contributed by atoms with Crippen LogP contribution in [0.4, 0.5) is 5.69 Å². The minimum absolute atomic E-state index is 0.159. The Balaban J connectivity index is 1.91. The Labute approximate surface area is 122 Å². The number of cyclic esters (lactones) is 1. The van der Waals surface area contributed by atoms with E-state index in [2.05, 4.69) is 5.32 Å². The van der Waals surface area contributed by atoms with Gasteiger partial charge in [-0.2, -0.15) is 0 Å². The van der Waals surface area contributed by atoms with Crippen LogP contribution in [0.15, 0.2) is 66.7 Å². The van der Waals surface area contributed by atoms with Gasteiger partial charge in [-0.3, -0.25) is 0 Å². The molecule has 0 bridgehead atoms. The minimum Gasteiger partial charge on any atom is -0.506 e. The summed E-state index contributed by atoms with van der Waals surface area (Å²) in [6.07, 6.45) is 2.75. The number of carbonyl (C=O) groups is 1. The summed E-state index contributed by atoms with van der Waals surface area (Å²) in [5, 5.41) is 13.2. The zero-order valence-electron chi connectivity index (χ0n) is 11.3. The highest BCUT2D eigenvalue weighted by Crippen LogP contribution is 2.31. The zero-order chi connectivity index (χ0) is 14.7. The quantitative estimate of drug-likeness (QED) is 0.668. The topological polar surface area (TPSA) is 58.6 Å². The summed E-state index contributed by atoms with van der Waals surface area (Å²) in [4.78, 5) is 11.3. The van der Waals surface area contributed by atoms with Crippen molar-refractivity contribution in [3.8, 4) is 5.75 Å². The number of benzene rings is 2. The lowest BCUT2D eigenvalue weighted by Crippen LogP contribution is -2.25. The average Bonchev–Trinajstić information content (AvgIpc) is 2.93. The van der Waals surface area contributed by atoms with Gasteiger partial charge in [0.1, 0.15) is 11.9 Å². The number of para-hydroxylation sites is 2. The van der Waals surface area contributed by atoms with E-state index >= 15 is 0 Å². The van der Waals surface area contributed by atoms with E-state index in [-0.39, 0.29) is 17.8 Å². The number of phenols is 1. The maximum atomic E-state index is 11.3. The second kappa shape index (κ2) is 5.71. The van der Waals surface area contributed by atoms with E-state index < -0.39 is 6.10 Å². The Morgan fingerprint density at radius 2 is 1.76 bits per heavy atom. The van der Waals surface area contributed by atoms with Crippen LogP contribution in [0.2, 0.25) is 0 Å². The molecule has 0 aliphatic carbocycles. The van der Waals surface area contributed by atoms with Crippen LogP contribution in [0.5, 0.6) is 5.75 Å². The molecular formula is C17H15NO3. The van der Waals surface area contributed by atoms with E-state index in [0.717, 1.165) is 5.56 Å². The first-order valence-electron chi connectivity index (χ1n) is 6.72. The third-order valence-electron chi connectivity index (χ3n) is 3.38. The van der Waals surface area contributed by atoms with Crippen molar-refractivity contribution < 1.29 is 14.6 Å². The number of ether oxygens (including phenoxy) is 1. The van der Waals surface area contributed by atoms with Gasteiger partial charge in [0.15, 0.2) is 0 Å². The zero-order valence-corrected chi connectivity index (χ0v) is 11.3. The van der Waals surface area contributed by atoms with E-state index in [4.69, 9.17) is 4.74 Å². The van der Waals surface area contributed by atoms with Crippen molar-refractivity contribution in [3.63, 3.8) is 0 Å². The molecule has 21 heavy (non-hydrogen) atoms. The predicted molar refractivity (Wildman–Crippen MR) is 79.9 cm³/mol. The molecule has 0 spiro atoms. The van der Waals surface area contributed by atoms with Crippen molar-refractivity contribution >= 4 is 11.7 Å². The summed E-state index contributed by atoms with van der Waals surface area (Å²) in [6.45, 7) is 0. The molecule has 2 atom stereocenters. The van der Waals surface area contributed by atoms with Crippen LogP contribution in [0.1, 0.15) is 11.6 Å². The molecule has 0 saturated heterocycles. The number of esters is 1. The molecule has 1 aliphatic heterocycles. The Hall–Kier alpha value is -2.75. The van der Waals surface area contributed by atoms with Gasteiger partial charge >= 0.3 is 5.97 Å².